The fourth-order valence-electron chi connectivity index (χ4n) is 3.87. The van der Waals surface area contributed by atoms with Crippen molar-refractivity contribution in [3.8, 4) is 0 Å². The molecule has 0 aliphatic rings. The van der Waals surface area contributed by atoms with Gasteiger partial charge in [-0.05, 0) is 48.3 Å². The molecule has 3 N–H and O–H groups in total. The minimum atomic E-state index is 0.0546. The lowest BCUT2D eigenvalue weighted by molar-refractivity contribution is -0.697. The molecule has 1 unspecified atom stereocenters. The normalized spacial score (nSPS) is 12.1. The fourth-order valence-corrected chi connectivity index (χ4v) is 4.69. The first-order valence-electron chi connectivity index (χ1n) is 12.8. The van der Waals surface area contributed by atoms with Gasteiger partial charge in [0, 0.05) is 55.5 Å². The first-order valence-corrected chi connectivity index (χ1v) is 14.0. The zero-order chi connectivity index (χ0) is 26.0. The Hall–Kier alpha value is -2.00. The minimum Gasteiger partial charge on any atom is -0.395 e. The predicted molar refractivity (Wildman–Crippen MR) is 156 cm³/mol. The number of thiol groups is 2. The van der Waals surface area contributed by atoms with E-state index in [9.17, 15) is 15.0 Å². The van der Waals surface area contributed by atoms with Gasteiger partial charge in [0.15, 0.2) is 12.4 Å². The topological polar surface area (TPSA) is 76.7 Å². The molecule has 2 rings (SSSR count). The van der Waals surface area contributed by atoms with Crippen molar-refractivity contribution >= 4 is 49.0 Å². The molecule has 0 saturated carbocycles. The number of amides is 1. The van der Waals surface area contributed by atoms with E-state index < -0.39 is 0 Å². The molecule has 1 atom stereocenters. The number of hydrogen-bond acceptors (Lipinski definition) is 6. The summed E-state index contributed by atoms with van der Waals surface area (Å²) in [6, 6.07) is 12.2. The van der Waals surface area contributed by atoms with Gasteiger partial charge < -0.3 is 20.4 Å². The van der Waals surface area contributed by atoms with Crippen LogP contribution in [0.5, 0.6) is 0 Å². The first-order chi connectivity index (χ1) is 17.5. The van der Waals surface area contributed by atoms with Crippen LogP contribution in [0.2, 0.25) is 0 Å². The molecule has 0 spiro atoms. The molecular weight excluding hydrogens is 490 g/mol. The zero-order valence-electron chi connectivity index (χ0n) is 21.1. The largest absolute Gasteiger partial charge is 0.395 e. The van der Waals surface area contributed by atoms with Crippen molar-refractivity contribution < 1.29 is 19.6 Å². The maximum Gasteiger partial charge on any atom is 0.219 e. The summed E-state index contributed by atoms with van der Waals surface area (Å²) in [4.78, 5) is 13.9. The van der Waals surface area contributed by atoms with Crippen molar-refractivity contribution in [2.24, 2.45) is 0 Å². The number of carbonyl (C=O) groups excluding carboxylic acids is 1. The van der Waals surface area contributed by atoms with Gasteiger partial charge in [-0.25, -0.2) is 4.57 Å². The summed E-state index contributed by atoms with van der Waals surface area (Å²) in [6.07, 6.45) is 13.7. The quantitative estimate of drug-likeness (QED) is 0.116. The maximum atomic E-state index is 12.0. The van der Waals surface area contributed by atoms with E-state index in [0.29, 0.717) is 31.3 Å². The molecule has 36 heavy (non-hydrogen) atoms. The highest BCUT2D eigenvalue weighted by Crippen LogP contribution is 2.16. The number of carbonyl (C=O) groups is 1. The van der Waals surface area contributed by atoms with Crippen LogP contribution in [0.4, 0.5) is 5.69 Å². The van der Waals surface area contributed by atoms with Gasteiger partial charge in [0.05, 0.1) is 13.2 Å². The Morgan fingerprint density at radius 2 is 1.58 bits per heavy atom. The number of nitrogens with one attached hydrogen (secondary N) is 1. The third-order valence-corrected chi connectivity index (χ3v) is 6.73. The monoisotopic (exact) mass is 532 g/mol. The fraction of sp³-hybridized carbons (Fsp3) is 0.500. The molecule has 0 aliphatic heterocycles. The number of unbranched alkanes of at least 4 members (excludes halogenated alkanes) is 1. The molecule has 0 aliphatic carbocycles. The lowest BCUT2D eigenvalue weighted by atomic mass is 10.1. The third-order valence-electron chi connectivity index (χ3n) is 5.95. The molecule has 6 nitrogen and oxygen atoms in total. The van der Waals surface area contributed by atoms with Crippen molar-refractivity contribution in [2.45, 2.75) is 50.3 Å². The van der Waals surface area contributed by atoms with E-state index in [2.05, 4.69) is 71.8 Å². The molecule has 1 heterocycles. The number of anilines is 1. The van der Waals surface area contributed by atoms with E-state index in [-0.39, 0.29) is 19.1 Å². The summed E-state index contributed by atoms with van der Waals surface area (Å²) in [5.74, 6) is 0.994. The van der Waals surface area contributed by atoms with Gasteiger partial charge in [-0.2, -0.15) is 25.3 Å². The maximum absolute atomic E-state index is 12.0. The minimum absolute atomic E-state index is 0.0546. The van der Waals surface area contributed by atoms with Crippen molar-refractivity contribution in [3.63, 3.8) is 0 Å². The van der Waals surface area contributed by atoms with E-state index in [1.54, 1.807) is 0 Å². The van der Waals surface area contributed by atoms with Crippen LogP contribution >= 0.6 is 25.3 Å². The van der Waals surface area contributed by atoms with Gasteiger partial charge >= 0.3 is 0 Å². The Morgan fingerprint density at radius 3 is 2.19 bits per heavy atom. The van der Waals surface area contributed by atoms with Crippen LogP contribution in [0.3, 0.4) is 0 Å². The number of hydrogen-bond donors (Lipinski definition) is 5. The molecule has 0 bridgehead atoms. The Bertz CT molecular complexity index is 886. The predicted octanol–water partition coefficient (Wildman–Crippen LogP) is 3.62. The van der Waals surface area contributed by atoms with Crippen LogP contribution in [-0.4, -0.2) is 60.0 Å². The van der Waals surface area contributed by atoms with E-state index in [1.165, 1.54) is 0 Å². The summed E-state index contributed by atoms with van der Waals surface area (Å²) in [6.45, 7) is 2.65. The smallest absolute Gasteiger partial charge is 0.219 e. The number of pyridine rings is 1. The van der Waals surface area contributed by atoms with E-state index >= 15 is 0 Å². The molecule has 8 heteroatoms. The SMILES string of the molecule is O=C(CCCCC(S)CCS)NCCC[n+]1ccc(/C=C/c2ccc(N(CCO)CCO)cc2)cc1. The summed E-state index contributed by atoms with van der Waals surface area (Å²) in [5, 5.41) is 21.8. The Morgan fingerprint density at radius 1 is 0.944 bits per heavy atom. The van der Waals surface area contributed by atoms with Crippen molar-refractivity contribution in [2.75, 3.05) is 43.5 Å². The molecule has 1 amide bonds. The Balaban J connectivity index is 1.68. The van der Waals surface area contributed by atoms with Gasteiger partial charge in [0.25, 0.3) is 0 Å². The van der Waals surface area contributed by atoms with Gasteiger partial charge in [-0.3, -0.25) is 4.79 Å². The second-order valence-electron chi connectivity index (χ2n) is 8.84. The van der Waals surface area contributed by atoms with Gasteiger partial charge in [0.1, 0.15) is 6.54 Å². The highest BCUT2D eigenvalue weighted by atomic mass is 32.1. The third kappa shape index (κ3) is 12.3. The van der Waals surface area contributed by atoms with Crippen molar-refractivity contribution in [1.82, 2.24) is 5.32 Å². The van der Waals surface area contributed by atoms with Crippen LogP contribution in [0.15, 0.2) is 48.8 Å². The number of aliphatic hydroxyl groups is 2. The summed E-state index contributed by atoms with van der Waals surface area (Å²) in [7, 11) is 0. The van der Waals surface area contributed by atoms with Crippen LogP contribution in [-0.2, 0) is 11.3 Å². The van der Waals surface area contributed by atoms with Crippen LogP contribution < -0.4 is 14.8 Å². The molecule has 198 valence electrons. The Labute approximate surface area is 227 Å². The van der Waals surface area contributed by atoms with E-state index in [0.717, 1.165) is 61.2 Å². The van der Waals surface area contributed by atoms with Gasteiger partial charge in [0.2, 0.25) is 5.91 Å². The van der Waals surface area contributed by atoms with Gasteiger partial charge in [-0.15, -0.1) is 0 Å². The summed E-state index contributed by atoms with van der Waals surface area (Å²) in [5.41, 5.74) is 3.18. The second-order valence-corrected chi connectivity index (χ2v) is 10.0. The second kappa shape index (κ2) is 18.3. The van der Waals surface area contributed by atoms with Crippen LogP contribution in [0.1, 0.15) is 49.7 Å². The Kier molecular flexibility index (Phi) is 15.3. The average molecular weight is 533 g/mol. The highest BCUT2D eigenvalue weighted by molar-refractivity contribution is 7.81. The number of rotatable bonds is 18. The molecule has 1 aromatic carbocycles. The molecule has 0 radical (unpaired) electrons. The zero-order valence-corrected chi connectivity index (χ0v) is 22.9. The molecular formula is C28H42N3O3S2+. The number of aryl methyl sites for hydroxylation is 1. The molecule has 0 fully saturated rings. The lowest BCUT2D eigenvalue weighted by Crippen LogP contribution is -2.35. The summed E-state index contributed by atoms with van der Waals surface area (Å²) < 4.78 is 2.13. The summed E-state index contributed by atoms with van der Waals surface area (Å²) >= 11 is 8.75. The number of benzene rings is 1. The average Bonchev–Trinajstić information content (AvgIpc) is 2.89. The van der Waals surface area contributed by atoms with Crippen molar-refractivity contribution in [1.29, 1.82) is 0 Å². The van der Waals surface area contributed by atoms with Gasteiger partial charge in [-0.1, -0.05) is 30.7 Å². The number of nitrogens with zero attached hydrogens (tertiary/aromatic N) is 2. The molecule has 0 saturated heterocycles. The van der Waals surface area contributed by atoms with Crippen LogP contribution in [0.25, 0.3) is 12.2 Å². The van der Waals surface area contributed by atoms with E-state index in [4.69, 9.17) is 0 Å². The molecule has 1 aromatic heterocycles. The van der Waals surface area contributed by atoms with E-state index in [1.807, 2.05) is 29.2 Å². The first kappa shape index (κ1) is 30.2. The standard InChI is InChI=1S/C28H41N3O3S2/c32-21-19-31(20-22-33)26-10-8-24(9-11-26)6-7-25-12-17-30(18-13-25)16-3-15-29-28(34)5-2-1-4-27(36)14-23-35/h6-13,17-18,27,32-33H,1-5,14-16,19-23H2,(H2-,29,34,35,36)/p+1. The number of aliphatic hydroxyl groups excluding tert-OH is 2. The molecule has 2 aromatic rings. The number of aromatic nitrogens is 1. The highest BCUT2D eigenvalue weighted by Gasteiger charge is 2.06. The van der Waals surface area contributed by atoms with Crippen LogP contribution in [0, 0.1) is 0 Å². The van der Waals surface area contributed by atoms with Crippen molar-refractivity contribution in [3.05, 3.63) is 59.9 Å². The lowest BCUT2D eigenvalue weighted by Gasteiger charge is -2.22.